The van der Waals surface area contributed by atoms with Crippen LogP contribution in [0.15, 0.2) is 30.3 Å². The van der Waals surface area contributed by atoms with Crippen LogP contribution in [0.5, 0.6) is 0 Å². The van der Waals surface area contributed by atoms with Crippen LogP contribution < -0.4 is 10.6 Å². The normalized spacial score (nSPS) is 16.6. The summed E-state index contributed by atoms with van der Waals surface area (Å²) in [5, 5.41) is 11.5. The van der Waals surface area contributed by atoms with Gasteiger partial charge in [-0.25, -0.2) is 14.5 Å². The Morgan fingerprint density at radius 3 is 3.16 bits per heavy atom. The zero-order valence-electron chi connectivity index (χ0n) is 14.2. The van der Waals surface area contributed by atoms with Gasteiger partial charge in [0.15, 0.2) is 0 Å². The molecule has 25 heavy (non-hydrogen) atoms. The lowest BCUT2D eigenvalue weighted by Gasteiger charge is -2.23. The molecule has 3 aromatic rings. The van der Waals surface area contributed by atoms with E-state index < -0.39 is 0 Å². The maximum Gasteiger partial charge on any atom is 0.315 e. The highest BCUT2D eigenvalue weighted by molar-refractivity contribution is 5.80. The first-order valence-corrected chi connectivity index (χ1v) is 8.69. The molecule has 1 aromatic carbocycles. The smallest absolute Gasteiger partial charge is 0.315 e. The first-order valence-electron chi connectivity index (χ1n) is 8.69. The van der Waals surface area contributed by atoms with E-state index >= 15 is 0 Å². The fraction of sp³-hybridized carbons (Fsp3) is 0.389. The lowest BCUT2D eigenvalue weighted by molar-refractivity contribution is 0.232. The van der Waals surface area contributed by atoms with Gasteiger partial charge in [-0.3, -0.25) is 0 Å². The molecule has 0 saturated carbocycles. The molecule has 1 aliphatic rings. The predicted octanol–water partition coefficient (Wildman–Crippen LogP) is 1.92. The van der Waals surface area contributed by atoms with Crippen LogP contribution in [-0.4, -0.2) is 38.4 Å². The van der Waals surface area contributed by atoms with Gasteiger partial charge in [-0.1, -0.05) is 18.2 Å². The number of amides is 2. The van der Waals surface area contributed by atoms with E-state index in [9.17, 15) is 4.79 Å². The van der Waals surface area contributed by atoms with Crippen LogP contribution in [0.25, 0.3) is 10.9 Å². The molecule has 0 spiro atoms. The van der Waals surface area contributed by atoms with Crippen molar-refractivity contribution in [2.45, 2.75) is 38.8 Å². The molecule has 0 unspecified atom stereocenters. The Balaban J connectivity index is 1.25. The van der Waals surface area contributed by atoms with Crippen molar-refractivity contribution in [2.75, 3.05) is 6.54 Å². The van der Waals surface area contributed by atoms with E-state index in [0.717, 1.165) is 42.1 Å². The van der Waals surface area contributed by atoms with Crippen LogP contribution in [0.2, 0.25) is 0 Å². The Bertz CT molecular complexity index is 863. The molecular formula is C18H22N6O. The molecular weight excluding hydrogens is 316 g/mol. The number of hydrogen-bond acceptors (Lipinski definition) is 3. The second-order valence-electron chi connectivity index (χ2n) is 6.53. The molecule has 1 aliphatic heterocycles. The highest BCUT2D eigenvalue weighted by atomic mass is 16.2. The summed E-state index contributed by atoms with van der Waals surface area (Å²) in [6.07, 6.45) is 2.52. The van der Waals surface area contributed by atoms with E-state index in [1.54, 1.807) is 0 Å². The summed E-state index contributed by atoms with van der Waals surface area (Å²) >= 11 is 0. The van der Waals surface area contributed by atoms with E-state index in [1.807, 2.05) is 23.7 Å². The molecule has 0 fully saturated rings. The van der Waals surface area contributed by atoms with E-state index in [-0.39, 0.29) is 12.1 Å². The van der Waals surface area contributed by atoms with Crippen LogP contribution in [0, 0.1) is 6.92 Å². The molecule has 4 rings (SSSR count). The minimum atomic E-state index is -0.124. The Morgan fingerprint density at radius 2 is 2.28 bits per heavy atom. The Morgan fingerprint density at radius 1 is 1.40 bits per heavy atom. The van der Waals surface area contributed by atoms with E-state index in [2.05, 4.69) is 43.9 Å². The minimum Gasteiger partial charge on any atom is -0.358 e. The van der Waals surface area contributed by atoms with Crippen LogP contribution in [0.4, 0.5) is 4.79 Å². The summed E-state index contributed by atoms with van der Waals surface area (Å²) in [6.45, 7) is 3.18. The maximum absolute atomic E-state index is 12.1. The van der Waals surface area contributed by atoms with Gasteiger partial charge in [0.05, 0.1) is 12.6 Å². The van der Waals surface area contributed by atoms with Crippen LogP contribution in [0.1, 0.15) is 23.8 Å². The van der Waals surface area contributed by atoms with Crippen molar-refractivity contribution in [1.82, 2.24) is 30.4 Å². The fourth-order valence-corrected chi connectivity index (χ4v) is 3.37. The molecule has 130 valence electrons. The number of aromatic amines is 1. The molecule has 2 aromatic heterocycles. The summed E-state index contributed by atoms with van der Waals surface area (Å²) in [5.74, 6) is 1.80. The first kappa shape index (κ1) is 15.7. The summed E-state index contributed by atoms with van der Waals surface area (Å²) in [5.41, 5.74) is 2.25. The van der Waals surface area contributed by atoms with Crippen molar-refractivity contribution in [1.29, 1.82) is 0 Å². The van der Waals surface area contributed by atoms with Gasteiger partial charge in [0.1, 0.15) is 11.6 Å². The molecule has 0 saturated heterocycles. The van der Waals surface area contributed by atoms with Crippen LogP contribution in [0.3, 0.4) is 0 Å². The standard InChI is InChI=1S/C18H22N6O/c1-12-20-17-7-6-15(11-24(17)23-12)22-18(25)19-9-8-14-10-13-4-2-3-5-16(13)21-14/h2-5,10,15,21H,6-9,11H2,1H3,(H2,19,22,25)/t15-/m1/s1. The second-order valence-corrected chi connectivity index (χ2v) is 6.53. The molecule has 2 amide bonds. The number of aryl methyl sites for hydroxylation is 2. The zero-order valence-corrected chi connectivity index (χ0v) is 14.2. The Hall–Kier alpha value is -2.83. The average Bonchev–Trinajstić information content (AvgIpc) is 3.16. The van der Waals surface area contributed by atoms with Gasteiger partial charge in [0, 0.05) is 30.6 Å². The highest BCUT2D eigenvalue weighted by Gasteiger charge is 2.22. The molecule has 3 N–H and O–H groups in total. The third kappa shape index (κ3) is 3.50. The van der Waals surface area contributed by atoms with Gasteiger partial charge in [-0.15, -0.1) is 0 Å². The molecule has 0 bridgehead atoms. The number of carbonyl (C=O) groups excluding carboxylic acids is 1. The van der Waals surface area contributed by atoms with Crippen molar-refractivity contribution >= 4 is 16.9 Å². The van der Waals surface area contributed by atoms with Gasteiger partial charge in [0.25, 0.3) is 0 Å². The summed E-state index contributed by atoms with van der Waals surface area (Å²) in [4.78, 5) is 19.9. The lowest BCUT2D eigenvalue weighted by Crippen LogP contribution is -2.46. The number of para-hydroxylation sites is 1. The molecule has 1 atom stereocenters. The van der Waals surface area contributed by atoms with Gasteiger partial charge >= 0.3 is 6.03 Å². The van der Waals surface area contributed by atoms with Gasteiger partial charge in [-0.05, 0) is 30.9 Å². The summed E-state index contributed by atoms with van der Waals surface area (Å²) in [6, 6.07) is 10.3. The first-order chi connectivity index (χ1) is 12.2. The van der Waals surface area contributed by atoms with Gasteiger partial charge < -0.3 is 15.6 Å². The van der Waals surface area contributed by atoms with Gasteiger partial charge in [0.2, 0.25) is 0 Å². The fourth-order valence-electron chi connectivity index (χ4n) is 3.37. The number of benzene rings is 1. The van der Waals surface area contributed by atoms with Crippen LogP contribution in [-0.2, 0) is 19.4 Å². The number of nitrogens with zero attached hydrogens (tertiary/aromatic N) is 3. The number of hydrogen-bond donors (Lipinski definition) is 3. The Kier molecular flexibility index (Phi) is 4.13. The topological polar surface area (TPSA) is 87.6 Å². The third-order valence-corrected chi connectivity index (χ3v) is 4.56. The summed E-state index contributed by atoms with van der Waals surface area (Å²) < 4.78 is 1.90. The summed E-state index contributed by atoms with van der Waals surface area (Å²) in [7, 11) is 0. The minimum absolute atomic E-state index is 0.0988. The van der Waals surface area contributed by atoms with E-state index in [1.165, 1.54) is 5.39 Å². The monoisotopic (exact) mass is 338 g/mol. The van der Waals surface area contributed by atoms with Gasteiger partial charge in [-0.2, -0.15) is 5.10 Å². The molecule has 3 heterocycles. The third-order valence-electron chi connectivity index (χ3n) is 4.56. The molecule has 7 heteroatoms. The average molecular weight is 338 g/mol. The second kappa shape index (κ2) is 6.58. The van der Waals surface area contributed by atoms with Crippen molar-refractivity contribution in [3.05, 3.63) is 47.7 Å². The largest absolute Gasteiger partial charge is 0.358 e. The number of aromatic nitrogens is 4. The van der Waals surface area contributed by atoms with E-state index in [4.69, 9.17) is 0 Å². The number of fused-ring (bicyclic) bond motifs is 2. The molecule has 0 aliphatic carbocycles. The number of H-pyrrole nitrogens is 1. The number of nitrogens with one attached hydrogen (secondary N) is 3. The highest BCUT2D eigenvalue weighted by Crippen LogP contribution is 2.15. The van der Waals surface area contributed by atoms with E-state index in [0.29, 0.717) is 13.1 Å². The SMILES string of the molecule is Cc1nc2n(n1)C[C@H](NC(=O)NCCc1cc3ccccc3[nH]1)CC2. The molecule has 7 nitrogen and oxygen atoms in total. The van der Waals surface area contributed by atoms with Crippen molar-refractivity contribution < 1.29 is 4.79 Å². The quantitative estimate of drug-likeness (QED) is 0.679. The zero-order chi connectivity index (χ0) is 17.2. The number of rotatable bonds is 4. The lowest BCUT2D eigenvalue weighted by atomic mass is 10.1. The number of urea groups is 1. The van der Waals surface area contributed by atoms with Crippen molar-refractivity contribution in [2.24, 2.45) is 0 Å². The van der Waals surface area contributed by atoms with Crippen LogP contribution >= 0.6 is 0 Å². The molecule has 0 radical (unpaired) electrons. The number of carbonyl (C=O) groups is 1. The van der Waals surface area contributed by atoms with Crippen molar-refractivity contribution in [3.8, 4) is 0 Å². The van der Waals surface area contributed by atoms with Crippen molar-refractivity contribution in [3.63, 3.8) is 0 Å². The Labute approximate surface area is 145 Å². The maximum atomic E-state index is 12.1. The predicted molar refractivity (Wildman–Crippen MR) is 95.4 cm³/mol.